The first-order valence-corrected chi connectivity index (χ1v) is 8.28. The Balaban J connectivity index is 1.95. The number of hydrogen-bond donors (Lipinski definition) is 1. The molecule has 106 valence electrons. The van der Waals surface area contributed by atoms with Crippen molar-refractivity contribution in [3.05, 3.63) is 35.4 Å². The predicted octanol–water partition coefficient (Wildman–Crippen LogP) is 3.59. The third kappa shape index (κ3) is 4.23. The maximum Gasteiger partial charge on any atom is 0.0607 e. The SMILES string of the molecule is CCNC(CSC1COC1)c1ccc(C(C)C)cc1. The smallest absolute Gasteiger partial charge is 0.0607 e. The van der Waals surface area contributed by atoms with Gasteiger partial charge in [0, 0.05) is 11.8 Å². The molecule has 0 aromatic heterocycles. The predicted molar refractivity (Wildman–Crippen MR) is 84.0 cm³/mol. The van der Waals surface area contributed by atoms with Crippen molar-refractivity contribution in [2.24, 2.45) is 0 Å². The molecule has 3 heteroatoms. The first-order valence-electron chi connectivity index (χ1n) is 7.23. The molecule has 1 fully saturated rings. The number of rotatable bonds is 7. The molecule has 1 N–H and O–H groups in total. The Morgan fingerprint density at radius 2 is 1.84 bits per heavy atom. The summed E-state index contributed by atoms with van der Waals surface area (Å²) in [7, 11) is 0. The van der Waals surface area contributed by atoms with E-state index in [1.54, 1.807) is 0 Å². The Labute approximate surface area is 121 Å². The largest absolute Gasteiger partial charge is 0.379 e. The molecule has 1 atom stereocenters. The van der Waals surface area contributed by atoms with Crippen LogP contribution < -0.4 is 5.32 Å². The topological polar surface area (TPSA) is 21.3 Å². The molecule has 1 aromatic rings. The normalized spacial score (nSPS) is 17.5. The second-order valence-corrected chi connectivity index (χ2v) is 6.76. The number of thioether (sulfide) groups is 1. The van der Waals surface area contributed by atoms with Gasteiger partial charge >= 0.3 is 0 Å². The Morgan fingerprint density at radius 3 is 2.32 bits per heavy atom. The van der Waals surface area contributed by atoms with Gasteiger partial charge in [-0.15, -0.1) is 0 Å². The fourth-order valence-corrected chi connectivity index (χ4v) is 3.34. The Kier molecular flexibility index (Phi) is 5.74. The van der Waals surface area contributed by atoms with E-state index in [4.69, 9.17) is 4.74 Å². The zero-order valence-electron chi connectivity index (χ0n) is 12.2. The first kappa shape index (κ1) is 14.9. The molecule has 0 radical (unpaired) electrons. The lowest BCUT2D eigenvalue weighted by atomic mass is 9.99. The van der Waals surface area contributed by atoms with Gasteiger partial charge in [-0.05, 0) is 23.6 Å². The highest BCUT2D eigenvalue weighted by molar-refractivity contribution is 8.00. The fraction of sp³-hybridized carbons (Fsp3) is 0.625. The lowest BCUT2D eigenvalue weighted by Gasteiger charge is -2.27. The van der Waals surface area contributed by atoms with Crippen LogP contribution in [0.2, 0.25) is 0 Å². The van der Waals surface area contributed by atoms with Crippen LogP contribution in [0.5, 0.6) is 0 Å². The summed E-state index contributed by atoms with van der Waals surface area (Å²) in [6, 6.07) is 9.54. The molecular weight excluding hydrogens is 254 g/mol. The molecule has 19 heavy (non-hydrogen) atoms. The summed E-state index contributed by atoms with van der Waals surface area (Å²) >= 11 is 2.03. The molecule has 1 heterocycles. The molecule has 1 aliphatic rings. The van der Waals surface area contributed by atoms with Crippen LogP contribution in [0, 0.1) is 0 Å². The molecule has 1 unspecified atom stereocenters. The molecule has 0 aliphatic carbocycles. The van der Waals surface area contributed by atoms with Crippen molar-refractivity contribution in [1.29, 1.82) is 0 Å². The number of ether oxygens (including phenoxy) is 1. The number of nitrogens with one attached hydrogen (secondary N) is 1. The minimum absolute atomic E-state index is 0.455. The van der Waals surface area contributed by atoms with Crippen LogP contribution >= 0.6 is 11.8 Å². The number of hydrogen-bond acceptors (Lipinski definition) is 3. The third-order valence-corrected chi connectivity index (χ3v) is 4.83. The highest BCUT2D eigenvalue weighted by atomic mass is 32.2. The summed E-state index contributed by atoms with van der Waals surface area (Å²) < 4.78 is 5.23. The summed E-state index contributed by atoms with van der Waals surface area (Å²) in [5.41, 5.74) is 2.82. The minimum Gasteiger partial charge on any atom is -0.379 e. The Hall–Kier alpha value is -0.510. The number of benzene rings is 1. The van der Waals surface area contributed by atoms with Crippen LogP contribution in [0.15, 0.2) is 24.3 Å². The summed E-state index contributed by atoms with van der Waals surface area (Å²) in [5.74, 6) is 1.73. The summed E-state index contributed by atoms with van der Waals surface area (Å²) in [6.45, 7) is 9.52. The van der Waals surface area contributed by atoms with E-state index in [1.807, 2.05) is 11.8 Å². The quantitative estimate of drug-likeness (QED) is 0.824. The van der Waals surface area contributed by atoms with E-state index in [2.05, 4.69) is 50.4 Å². The molecule has 2 rings (SSSR count). The third-order valence-electron chi connectivity index (χ3n) is 3.56. The highest BCUT2D eigenvalue weighted by Crippen LogP contribution is 2.26. The van der Waals surface area contributed by atoms with E-state index in [9.17, 15) is 0 Å². The first-order chi connectivity index (χ1) is 9.20. The zero-order valence-corrected chi connectivity index (χ0v) is 13.0. The molecule has 1 aliphatic heterocycles. The summed E-state index contributed by atoms with van der Waals surface area (Å²) in [5, 5.41) is 4.29. The standard InChI is InChI=1S/C16H25NOS/c1-4-17-16(11-19-15-9-18-10-15)14-7-5-13(6-8-14)12(2)3/h5-8,12,15-17H,4,9-11H2,1-3H3. The van der Waals surface area contributed by atoms with Crippen molar-refractivity contribution in [2.45, 2.75) is 38.0 Å². The van der Waals surface area contributed by atoms with Crippen molar-refractivity contribution in [3.8, 4) is 0 Å². The van der Waals surface area contributed by atoms with Gasteiger partial charge in [0.05, 0.1) is 18.5 Å². The molecule has 1 aromatic carbocycles. The van der Waals surface area contributed by atoms with Gasteiger partial charge in [-0.1, -0.05) is 45.0 Å². The maximum atomic E-state index is 5.23. The highest BCUT2D eigenvalue weighted by Gasteiger charge is 2.21. The van der Waals surface area contributed by atoms with Gasteiger partial charge in [0.2, 0.25) is 0 Å². The fourth-order valence-electron chi connectivity index (χ4n) is 2.18. The van der Waals surface area contributed by atoms with Crippen LogP contribution in [0.1, 0.15) is 43.9 Å². The van der Waals surface area contributed by atoms with Crippen molar-refractivity contribution in [2.75, 3.05) is 25.5 Å². The van der Waals surface area contributed by atoms with E-state index in [-0.39, 0.29) is 0 Å². The Bertz CT molecular complexity index is 373. The van der Waals surface area contributed by atoms with Gasteiger partial charge in [0.15, 0.2) is 0 Å². The van der Waals surface area contributed by atoms with E-state index in [0.717, 1.165) is 25.5 Å². The van der Waals surface area contributed by atoms with E-state index in [1.165, 1.54) is 11.1 Å². The summed E-state index contributed by atoms with van der Waals surface area (Å²) in [4.78, 5) is 0. The van der Waals surface area contributed by atoms with E-state index < -0.39 is 0 Å². The molecule has 0 bridgehead atoms. The molecule has 0 saturated carbocycles. The van der Waals surface area contributed by atoms with Gasteiger partial charge in [-0.3, -0.25) is 0 Å². The van der Waals surface area contributed by atoms with E-state index in [0.29, 0.717) is 17.2 Å². The van der Waals surface area contributed by atoms with Gasteiger partial charge in [0.25, 0.3) is 0 Å². The van der Waals surface area contributed by atoms with Crippen LogP contribution in [0.25, 0.3) is 0 Å². The monoisotopic (exact) mass is 279 g/mol. The van der Waals surface area contributed by atoms with Crippen LogP contribution in [-0.2, 0) is 4.74 Å². The van der Waals surface area contributed by atoms with Crippen LogP contribution in [-0.4, -0.2) is 30.8 Å². The molecule has 0 amide bonds. The van der Waals surface area contributed by atoms with Crippen molar-refractivity contribution < 1.29 is 4.74 Å². The lowest BCUT2D eigenvalue weighted by Crippen LogP contribution is -2.32. The van der Waals surface area contributed by atoms with Crippen molar-refractivity contribution >= 4 is 11.8 Å². The van der Waals surface area contributed by atoms with Gasteiger partial charge in [0.1, 0.15) is 0 Å². The lowest BCUT2D eigenvalue weighted by molar-refractivity contribution is 0.0455. The van der Waals surface area contributed by atoms with E-state index >= 15 is 0 Å². The second kappa shape index (κ2) is 7.32. The molecule has 1 saturated heterocycles. The average molecular weight is 279 g/mol. The van der Waals surface area contributed by atoms with Gasteiger partial charge < -0.3 is 10.1 Å². The molecule has 2 nitrogen and oxygen atoms in total. The minimum atomic E-state index is 0.455. The van der Waals surface area contributed by atoms with Crippen molar-refractivity contribution in [3.63, 3.8) is 0 Å². The summed E-state index contributed by atoms with van der Waals surface area (Å²) in [6.07, 6.45) is 0. The maximum absolute atomic E-state index is 5.23. The van der Waals surface area contributed by atoms with Crippen molar-refractivity contribution in [1.82, 2.24) is 5.32 Å². The zero-order chi connectivity index (χ0) is 13.7. The van der Waals surface area contributed by atoms with Gasteiger partial charge in [-0.2, -0.15) is 11.8 Å². The van der Waals surface area contributed by atoms with Crippen LogP contribution in [0.3, 0.4) is 0 Å². The Morgan fingerprint density at radius 1 is 1.21 bits per heavy atom. The van der Waals surface area contributed by atoms with Crippen LogP contribution in [0.4, 0.5) is 0 Å². The average Bonchev–Trinajstić information content (AvgIpc) is 2.36. The van der Waals surface area contributed by atoms with Gasteiger partial charge in [-0.25, -0.2) is 0 Å². The molecule has 0 spiro atoms. The second-order valence-electron chi connectivity index (χ2n) is 5.42. The molecular formula is C16H25NOS.